The monoisotopic (exact) mass is 526 g/mol. The van der Waals surface area contributed by atoms with E-state index in [4.69, 9.17) is 14.5 Å². The predicted octanol–water partition coefficient (Wildman–Crippen LogP) is 4.38. The van der Waals surface area contributed by atoms with Crippen molar-refractivity contribution in [1.29, 1.82) is 0 Å². The lowest BCUT2D eigenvalue weighted by Gasteiger charge is -2.38. The second kappa shape index (κ2) is 11.7. The highest BCUT2D eigenvalue weighted by atomic mass is 16.5. The van der Waals surface area contributed by atoms with Crippen LogP contribution in [0, 0.1) is 6.92 Å². The molecule has 1 unspecified atom stereocenters. The Balaban J connectivity index is 1.37. The number of ether oxygens (including phenoxy) is 2. The molecule has 8 nitrogen and oxygen atoms in total. The number of benzene rings is 3. The number of para-hydroxylation sites is 3. The number of aryl methyl sites for hydroxylation is 1. The maximum Gasteiger partial charge on any atom is 0.266 e. The summed E-state index contributed by atoms with van der Waals surface area (Å²) in [7, 11) is 0. The zero-order valence-corrected chi connectivity index (χ0v) is 22.7. The maximum absolute atomic E-state index is 13.8. The normalized spacial score (nSPS) is 14.8. The van der Waals surface area contributed by atoms with Gasteiger partial charge in [0.05, 0.1) is 29.2 Å². The molecule has 0 spiro atoms. The molecule has 1 aliphatic heterocycles. The van der Waals surface area contributed by atoms with E-state index in [-0.39, 0.29) is 24.1 Å². The molecule has 1 atom stereocenters. The molecule has 0 aliphatic carbocycles. The lowest BCUT2D eigenvalue weighted by molar-refractivity contribution is -0.135. The van der Waals surface area contributed by atoms with Gasteiger partial charge in [-0.2, -0.15) is 0 Å². The lowest BCUT2D eigenvalue weighted by Crippen LogP contribution is -2.51. The number of nitrogens with zero attached hydrogens (tertiary/aromatic N) is 4. The zero-order chi connectivity index (χ0) is 27.4. The van der Waals surface area contributed by atoms with E-state index < -0.39 is 0 Å². The van der Waals surface area contributed by atoms with Gasteiger partial charge in [0, 0.05) is 26.2 Å². The fourth-order valence-corrected chi connectivity index (χ4v) is 4.98. The molecule has 2 heterocycles. The Labute approximate surface area is 228 Å². The Morgan fingerprint density at radius 2 is 1.62 bits per heavy atom. The van der Waals surface area contributed by atoms with Crippen LogP contribution in [0.25, 0.3) is 16.6 Å². The summed E-state index contributed by atoms with van der Waals surface area (Å²) in [4.78, 5) is 35.7. The molecule has 0 radical (unpaired) electrons. The molecule has 1 amide bonds. The van der Waals surface area contributed by atoms with Crippen molar-refractivity contribution in [3.05, 3.63) is 94.5 Å². The van der Waals surface area contributed by atoms with E-state index in [2.05, 4.69) is 11.8 Å². The summed E-state index contributed by atoms with van der Waals surface area (Å²) in [6, 6.07) is 22.5. The third kappa shape index (κ3) is 5.66. The Kier molecular flexibility index (Phi) is 7.93. The summed E-state index contributed by atoms with van der Waals surface area (Å²) in [5.74, 6) is 1.94. The maximum atomic E-state index is 13.8. The first-order chi connectivity index (χ1) is 19.0. The van der Waals surface area contributed by atoms with Gasteiger partial charge in [-0.1, -0.05) is 42.0 Å². The van der Waals surface area contributed by atoms with Crippen LogP contribution in [0.3, 0.4) is 0 Å². The number of hydrogen-bond donors (Lipinski definition) is 0. The molecule has 202 valence electrons. The number of carbonyl (C=O) groups is 1. The van der Waals surface area contributed by atoms with Gasteiger partial charge in [0.2, 0.25) is 0 Å². The Morgan fingerprint density at radius 1 is 0.923 bits per heavy atom. The van der Waals surface area contributed by atoms with Gasteiger partial charge in [0.1, 0.15) is 17.3 Å². The van der Waals surface area contributed by atoms with Crippen molar-refractivity contribution in [1.82, 2.24) is 19.4 Å². The number of piperazine rings is 1. The fraction of sp³-hybridized carbons (Fsp3) is 0.323. The number of carbonyl (C=O) groups excluding carboxylic acids is 1. The first-order valence-corrected chi connectivity index (χ1v) is 13.4. The minimum Gasteiger partial charge on any atom is -0.492 e. The molecule has 1 aromatic heterocycles. The minimum atomic E-state index is -0.168. The van der Waals surface area contributed by atoms with Crippen LogP contribution in [0.2, 0.25) is 0 Å². The minimum absolute atomic E-state index is 0.0125. The van der Waals surface area contributed by atoms with Crippen LogP contribution in [-0.4, -0.2) is 64.7 Å². The Morgan fingerprint density at radius 3 is 2.36 bits per heavy atom. The van der Waals surface area contributed by atoms with Crippen molar-refractivity contribution in [3.8, 4) is 17.2 Å². The molecule has 3 aromatic carbocycles. The molecule has 8 heteroatoms. The summed E-state index contributed by atoms with van der Waals surface area (Å²) in [5.41, 5.74) is 2.35. The number of hydrogen-bond acceptors (Lipinski definition) is 6. The molecule has 0 saturated carbocycles. The summed E-state index contributed by atoms with van der Waals surface area (Å²) in [6.45, 7) is 8.98. The molecule has 1 aliphatic rings. The standard InChI is InChI=1S/C31H34N4O4/c1-4-38-28-12-8-7-11-27(28)35-30(32-26-10-6-5-9-25(26)31(35)37)23(3)33-17-19-34(20-18-33)29(36)21-39-24-15-13-22(2)14-16-24/h5-16,23H,4,17-21H2,1-3H3. The molecule has 1 fully saturated rings. The highest BCUT2D eigenvalue weighted by molar-refractivity contribution is 5.78. The molecule has 1 saturated heterocycles. The number of amides is 1. The number of rotatable bonds is 8. The SMILES string of the molecule is CCOc1ccccc1-n1c(C(C)N2CCN(C(=O)COc3ccc(C)cc3)CC2)nc2ccccc2c1=O. The first kappa shape index (κ1) is 26.4. The van der Waals surface area contributed by atoms with E-state index in [9.17, 15) is 9.59 Å². The van der Waals surface area contributed by atoms with E-state index in [0.29, 0.717) is 66.7 Å². The molecular weight excluding hydrogens is 492 g/mol. The topological polar surface area (TPSA) is 76.9 Å². The average molecular weight is 527 g/mol. The molecule has 4 aromatic rings. The van der Waals surface area contributed by atoms with Gasteiger partial charge < -0.3 is 14.4 Å². The third-order valence-corrected chi connectivity index (χ3v) is 7.18. The summed E-state index contributed by atoms with van der Waals surface area (Å²) in [6.07, 6.45) is 0. The predicted molar refractivity (Wildman–Crippen MR) is 152 cm³/mol. The van der Waals surface area contributed by atoms with Crippen molar-refractivity contribution in [2.75, 3.05) is 39.4 Å². The highest BCUT2D eigenvalue weighted by Crippen LogP contribution is 2.28. The lowest BCUT2D eigenvalue weighted by atomic mass is 10.1. The second-order valence-electron chi connectivity index (χ2n) is 9.72. The van der Waals surface area contributed by atoms with Gasteiger partial charge >= 0.3 is 0 Å². The van der Waals surface area contributed by atoms with Crippen LogP contribution < -0.4 is 15.0 Å². The first-order valence-electron chi connectivity index (χ1n) is 13.4. The quantitative estimate of drug-likeness (QED) is 0.339. The highest BCUT2D eigenvalue weighted by Gasteiger charge is 2.29. The molecule has 0 N–H and O–H groups in total. The van der Waals surface area contributed by atoms with Gasteiger partial charge in [-0.05, 0) is 57.2 Å². The third-order valence-electron chi connectivity index (χ3n) is 7.18. The molecule has 0 bridgehead atoms. The van der Waals surface area contributed by atoms with Crippen molar-refractivity contribution in [2.24, 2.45) is 0 Å². The molecular formula is C31H34N4O4. The van der Waals surface area contributed by atoms with Crippen LogP contribution in [0.5, 0.6) is 11.5 Å². The number of aromatic nitrogens is 2. The zero-order valence-electron chi connectivity index (χ0n) is 22.7. The van der Waals surface area contributed by atoms with E-state index in [1.54, 1.807) is 4.57 Å². The molecule has 39 heavy (non-hydrogen) atoms. The van der Waals surface area contributed by atoms with E-state index >= 15 is 0 Å². The molecule has 5 rings (SSSR count). The van der Waals surface area contributed by atoms with Crippen molar-refractivity contribution >= 4 is 16.8 Å². The van der Waals surface area contributed by atoms with Crippen LogP contribution in [-0.2, 0) is 4.79 Å². The van der Waals surface area contributed by atoms with E-state index in [1.165, 1.54) is 0 Å². The van der Waals surface area contributed by atoms with Crippen LogP contribution >= 0.6 is 0 Å². The summed E-state index contributed by atoms with van der Waals surface area (Å²) in [5, 5.41) is 0.559. The summed E-state index contributed by atoms with van der Waals surface area (Å²) < 4.78 is 13.3. The Bertz CT molecular complexity index is 1510. The van der Waals surface area contributed by atoms with Crippen molar-refractivity contribution < 1.29 is 14.3 Å². The summed E-state index contributed by atoms with van der Waals surface area (Å²) >= 11 is 0. The number of fused-ring (bicyclic) bond motifs is 1. The van der Waals surface area contributed by atoms with Crippen molar-refractivity contribution in [2.45, 2.75) is 26.8 Å². The van der Waals surface area contributed by atoms with Gasteiger partial charge in [0.15, 0.2) is 6.61 Å². The average Bonchev–Trinajstić information content (AvgIpc) is 2.97. The largest absolute Gasteiger partial charge is 0.492 e. The van der Waals surface area contributed by atoms with E-state index in [0.717, 1.165) is 5.56 Å². The smallest absolute Gasteiger partial charge is 0.266 e. The van der Waals surface area contributed by atoms with Crippen molar-refractivity contribution in [3.63, 3.8) is 0 Å². The van der Waals surface area contributed by atoms with Gasteiger partial charge in [-0.3, -0.25) is 19.1 Å². The fourth-order valence-electron chi connectivity index (χ4n) is 4.98. The van der Waals surface area contributed by atoms with Crippen LogP contribution in [0.4, 0.5) is 0 Å². The van der Waals surface area contributed by atoms with E-state index in [1.807, 2.05) is 91.5 Å². The van der Waals surface area contributed by atoms with Gasteiger partial charge in [-0.15, -0.1) is 0 Å². The Hall–Kier alpha value is -4.17. The van der Waals surface area contributed by atoms with Crippen LogP contribution in [0.15, 0.2) is 77.6 Å². The van der Waals surface area contributed by atoms with Crippen LogP contribution in [0.1, 0.15) is 31.3 Å². The van der Waals surface area contributed by atoms with Gasteiger partial charge in [-0.25, -0.2) is 4.98 Å². The van der Waals surface area contributed by atoms with Gasteiger partial charge in [0.25, 0.3) is 11.5 Å². The second-order valence-corrected chi connectivity index (χ2v) is 9.72.